The zero-order valence-electron chi connectivity index (χ0n) is 11.3. The number of rotatable bonds is 4. The van der Waals surface area contributed by atoms with Crippen molar-refractivity contribution in [1.82, 2.24) is 9.71 Å². The fourth-order valence-corrected chi connectivity index (χ4v) is 2.35. The van der Waals surface area contributed by atoms with E-state index < -0.39 is 11.0 Å². The molecular formula is C14H18N2O2S. The molecule has 2 rings (SSSR count). The third kappa shape index (κ3) is 3.52. The van der Waals surface area contributed by atoms with Gasteiger partial charge in [-0.2, -0.15) is 0 Å². The molecule has 2 aromatic rings. The van der Waals surface area contributed by atoms with Crippen molar-refractivity contribution in [3.63, 3.8) is 0 Å². The summed E-state index contributed by atoms with van der Waals surface area (Å²) in [5.74, 6) is 0.705. The summed E-state index contributed by atoms with van der Waals surface area (Å²) in [6.45, 7) is 5.77. The molecule has 0 aliphatic carbocycles. The molecule has 19 heavy (non-hydrogen) atoms. The molecule has 0 spiro atoms. The fourth-order valence-electron chi connectivity index (χ4n) is 1.55. The van der Waals surface area contributed by atoms with Gasteiger partial charge in [-0.15, -0.1) is 0 Å². The van der Waals surface area contributed by atoms with Crippen LogP contribution < -0.4 is 4.72 Å². The van der Waals surface area contributed by atoms with E-state index in [1.807, 2.05) is 51.1 Å². The van der Waals surface area contributed by atoms with Crippen LogP contribution in [0.4, 0.5) is 0 Å². The van der Waals surface area contributed by atoms with Crippen molar-refractivity contribution < 1.29 is 8.63 Å². The smallest absolute Gasteiger partial charge is 0.127 e. The van der Waals surface area contributed by atoms with Crippen molar-refractivity contribution in [3.05, 3.63) is 54.2 Å². The zero-order valence-corrected chi connectivity index (χ0v) is 12.1. The van der Waals surface area contributed by atoms with Gasteiger partial charge in [-0.25, -0.2) is 8.93 Å². The lowest BCUT2D eigenvalue weighted by Gasteiger charge is -2.22. The van der Waals surface area contributed by atoms with E-state index >= 15 is 0 Å². The third-order valence-corrected chi connectivity index (χ3v) is 4.15. The second-order valence-corrected chi connectivity index (χ2v) is 7.20. The van der Waals surface area contributed by atoms with Crippen LogP contribution in [0.3, 0.4) is 0 Å². The van der Waals surface area contributed by atoms with Gasteiger partial charge in [0, 0.05) is 6.20 Å². The van der Waals surface area contributed by atoms with Gasteiger partial charge in [0.25, 0.3) is 0 Å². The van der Waals surface area contributed by atoms with E-state index in [1.165, 1.54) is 0 Å². The van der Waals surface area contributed by atoms with E-state index in [0.717, 1.165) is 5.69 Å². The van der Waals surface area contributed by atoms with Crippen LogP contribution in [0.1, 0.15) is 38.3 Å². The van der Waals surface area contributed by atoms with Gasteiger partial charge in [0.05, 0.1) is 27.7 Å². The maximum Gasteiger partial charge on any atom is 0.127 e. The molecule has 0 aromatic carbocycles. The molecule has 0 radical (unpaired) electrons. The highest BCUT2D eigenvalue weighted by Crippen LogP contribution is 2.23. The molecule has 5 heteroatoms. The molecule has 2 heterocycles. The predicted molar refractivity (Wildman–Crippen MR) is 75.8 cm³/mol. The summed E-state index contributed by atoms with van der Waals surface area (Å²) in [4.78, 5) is 4.31. The highest BCUT2D eigenvalue weighted by Gasteiger charge is 2.26. The van der Waals surface area contributed by atoms with Crippen LogP contribution in [0.25, 0.3) is 0 Å². The van der Waals surface area contributed by atoms with E-state index in [9.17, 15) is 4.21 Å². The second kappa shape index (κ2) is 5.67. The van der Waals surface area contributed by atoms with Crippen molar-refractivity contribution in [2.75, 3.05) is 0 Å². The quantitative estimate of drug-likeness (QED) is 0.935. The average Bonchev–Trinajstić information content (AvgIpc) is 2.89. The Morgan fingerprint density at radius 1 is 1.26 bits per heavy atom. The maximum atomic E-state index is 12.3. The molecule has 0 saturated carbocycles. The normalized spacial score (nSPS) is 15.1. The van der Waals surface area contributed by atoms with Crippen LogP contribution in [-0.4, -0.2) is 13.9 Å². The van der Waals surface area contributed by atoms with Crippen LogP contribution in [0.2, 0.25) is 0 Å². The zero-order chi connectivity index (χ0) is 13.9. The minimum atomic E-state index is -1.20. The molecule has 1 N–H and O–H groups in total. The summed E-state index contributed by atoms with van der Waals surface area (Å²) >= 11 is 0. The van der Waals surface area contributed by atoms with Gasteiger partial charge in [0.15, 0.2) is 0 Å². The molecule has 0 amide bonds. The number of furan rings is 1. The molecule has 102 valence electrons. The molecule has 0 saturated heterocycles. The molecule has 0 bridgehead atoms. The van der Waals surface area contributed by atoms with Crippen LogP contribution in [0, 0.1) is 0 Å². The molecule has 1 unspecified atom stereocenters. The Hall–Kier alpha value is -1.46. The Labute approximate surface area is 115 Å². The number of nitrogens with one attached hydrogen (secondary N) is 1. The van der Waals surface area contributed by atoms with Crippen molar-refractivity contribution in [3.8, 4) is 0 Å². The minimum absolute atomic E-state index is 0.309. The van der Waals surface area contributed by atoms with Crippen molar-refractivity contribution in [2.24, 2.45) is 0 Å². The standard InChI is InChI=1S/C14H18N2O2S/c1-14(2,3)19(17)16-13(12-8-6-10-18-12)11-7-4-5-9-15-11/h4-10,13,16H,1-3H3/t13-,19?/m1/s1. The molecule has 2 aromatic heterocycles. The Morgan fingerprint density at radius 3 is 2.58 bits per heavy atom. The second-order valence-electron chi connectivity index (χ2n) is 5.20. The van der Waals surface area contributed by atoms with Crippen LogP contribution in [0.5, 0.6) is 0 Å². The van der Waals surface area contributed by atoms with Crippen molar-refractivity contribution >= 4 is 11.0 Å². The Balaban J connectivity index is 2.29. The Morgan fingerprint density at radius 2 is 2.05 bits per heavy atom. The predicted octanol–water partition coefficient (Wildman–Crippen LogP) is 2.82. The Bertz CT molecular complexity index is 532. The third-order valence-electron chi connectivity index (χ3n) is 2.59. The summed E-state index contributed by atoms with van der Waals surface area (Å²) in [6.07, 6.45) is 3.32. The average molecular weight is 278 g/mol. The summed E-state index contributed by atoms with van der Waals surface area (Å²) in [6, 6.07) is 9.00. The van der Waals surface area contributed by atoms with Gasteiger partial charge in [-0.05, 0) is 45.0 Å². The van der Waals surface area contributed by atoms with Gasteiger partial charge in [-0.1, -0.05) is 6.07 Å². The first kappa shape index (κ1) is 14.0. The molecule has 0 fully saturated rings. The monoisotopic (exact) mass is 278 g/mol. The first-order valence-electron chi connectivity index (χ1n) is 6.11. The molecule has 4 nitrogen and oxygen atoms in total. The van der Waals surface area contributed by atoms with Gasteiger partial charge in [0.2, 0.25) is 0 Å². The highest BCUT2D eigenvalue weighted by molar-refractivity contribution is 7.84. The van der Waals surface area contributed by atoms with Crippen molar-refractivity contribution in [2.45, 2.75) is 31.6 Å². The van der Waals surface area contributed by atoms with E-state index in [0.29, 0.717) is 5.76 Å². The number of hydrogen-bond acceptors (Lipinski definition) is 3. The minimum Gasteiger partial charge on any atom is -0.467 e. The molecular weight excluding hydrogens is 260 g/mol. The highest BCUT2D eigenvalue weighted by atomic mass is 32.2. The van der Waals surface area contributed by atoms with E-state index in [2.05, 4.69) is 9.71 Å². The number of aromatic nitrogens is 1. The van der Waals surface area contributed by atoms with E-state index in [1.54, 1.807) is 12.5 Å². The number of hydrogen-bond donors (Lipinski definition) is 1. The summed E-state index contributed by atoms with van der Waals surface area (Å²) in [7, 11) is -1.20. The van der Waals surface area contributed by atoms with Crippen LogP contribution >= 0.6 is 0 Å². The fraction of sp³-hybridized carbons (Fsp3) is 0.357. The van der Waals surface area contributed by atoms with Gasteiger partial charge in [-0.3, -0.25) is 4.98 Å². The molecule has 0 aliphatic heterocycles. The van der Waals surface area contributed by atoms with Gasteiger partial charge in [0.1, 0.15) is 11.8 Å². The van der Waals surface area contributed by atoms with Crippen molar-refractivity contribution in [1.29, 1.82) is 0 Å². The SMILES string of the molecule is CC(C)(C)S(=O)N[C@H](c1ccccn1)c1ccco1. The number of pyridine rings is 1. The maximum absolute atomic E-state index is 12.3. The van der Waals surface area contributed by atoms with Gasteiger partial charge >= 0.3 is 0 Å². The van der Waals surface area contributed by atoms with E-state index in [-0.39, 0.29) is 10.8 Å². The summed E-state index contributed by atoms with van der Waals surface area (Å²) < 4.78 is 20.4. The van der Waals surface area contributed by atoms with Gasteiger partial charge < -0.3 is 4.42 Å². The number of nitrogens with zero attached hydrogens (tertiary/aromatic N) is 1. The topological polar surface area (TPSA) is 55.1 Å². The lowest BCUT2D eigenvalue weighted by Crippen LogP contribution is -2.36. The lowest BCUT2D eigenvalue weighted by atomic mass is 10.1. The van der Waals surface area contributed by atoms with Crippen LogP contribution in [0.15, 0.2) is 47.2 Å². The summed E-state index contributed by atoms with van der Waals surface area (Å²) in [5.41, 5.74) is 0.787. The van der Waals surface area contributed by atoms with Crippen LogP contribution in [-0.2, 0) is 11.0 Å². The first-order chi connectivity index (χ1) is 8.98. The Kier molecular flexibility index (Phi) is 4.17. The summed E-state index contributed by atoms with van der Waals surface area (Å²) in [5, 5.41) is 0. The molecule has 2 atom stereocenters. The first-order valence-corrected chi connectivity index (χ1v) is 7.26. The molecule has 0 aliphatic rings. The van der Waals surface area contributed by atoms with E-state index in [4.69, 9.17) is 4.42 Å². The lowest BCUT2D eigenvalue weighted by molar-refractivity contribution is 0.472. The largest absolute Gasteiger partial charge is 0.467 e.